The molecule has 2 fully saturated rings. The van der Waals surface area contributed by atoms with Crippen LogP contribution in [0.2, 0.25) is 0 Å². The molecule has 2 unspecified atom stereocenters. The molecule has 3 heteroatoms. The molecule has 0 aromatic rings. The van der Waals surface area contributed by atoms with E-state index in [0.29, 0.717) is 5.92 Å². The van der Waals surface area contributed by atoms with Crippen LogP contribution in [0, 0.1) is 5.92 Å². The van der Waals surface area contributed by atoms with Crippen molar-refractivity contribution in [3.05, 3.63) is 0 Å². The van der Waals surface area contributed by atoms with E-state index in [2.05, 4.69) is 0 Å². The van der Waals surface area contributed by atoms with E-state index in [1.807, 2.05) is 11.8 Å². The maximum absolute atomic E-state index is 10.2. The highest BCUT2D eigenvalue weighted by molar-refractivity contribution is 7.99. The van der Waals surface area contributed by atoms with E-state index in [1.54, 1.807) is 0 Å². The van der Waals surface area contributed by atoms with E-state index >= 15 is 0 Å². The zero-order valence-electron chi connectivity index (χ0n) is 8.65. The molecule has 14 heavy (non-hydrogen) atoms. The van der Waals surface area contributed by atoms with Gasteiger partial charge in [0.05, 0.1) is 18.8 Å². The molecule has 2 atom stereocenters. The topological polar surface area (TPSA) is 29.5 Å². The van der Waals surface area contributed by atoms with Gasteiger partial charge in [0.2, 0.25) is 0 Å². The number of aliphatic hydroxyl groups excluding tert-OH is 1. The molecular formula is C11H20O2S. The fraction of sp³-hybridized carbons (Fsp3) is 1.00. The second-order valence-electron chi connectivity index (χ2n) is 4.37. The SMILES string of the molecule is OC(C1CCCCC1)C1CSCCO1. The molecule has 1 saturated heterocycles. The number of aliphatic hydroxyl groups is 1. The predicted molar refractivity (Wildman–Crippen MR) is 59.6 cm³/mol. The predicted octanol–water partition coefficient (Wildman–Crippen LogP) is 2.06. The van der Waals surface area contributed by atoms with Crippen molar-refractivity contribution in [2.45, 2.75) is 44.3 Å². The zero-order valence-corrected chi connectivity index (χ0v) is 9.47. The van der Waals surface area contributed by atoms with Crippen molar-refractivity contribution in [2.24, 2.45) is 5.92 Å². The van der Waals surface area contributed by atoms with Crippen LogP contribution in [0.3, 0.4) is 0 Å². The lowest BCUT2D eigenvalue weighted by Gasteiger charge is -2.33. The summed E-state index contributed by atoms with van der Waals surface area (Å²) in [4.78, 5) is 0. The summed E-state index contributed by atoms with van der Waals surface area (Å²) >= 11 is 1.91. The van der Waals surface area contributed by atoms with Gasteiger partial charge in [0.25, 0.3) is 0 Å². The third-order valence-electron chi connectivity index (χ3n) is 3.36. The minimum atomic E-state index is -0.205. The fourth-order valence-electron chi connectivity index (χ4n) is 2.48. The molecule has 0 aromatic heterocycles. The van der Waals surface area contributed by atoms with Gasteiger partial charge >= 0.3 is 0 Å². The van der Waals surface area contributed by atoms with Crippen LogP contribution in [-0.4, -0.2) is 35.4 Å². The highest BCUT2D eigenvalue weighted by Crippen LogP contribution is 2.30. The second kappa shape index (κ2) is 5.38. The number of thioether (sulfide) groups is 1. The fourth-order valence-corrected chi connectivity index (χ4v) is 3.39. The molecule has 0 spiro atoms. The standard InChI is InChI=1S/C11H20O2S/c12-11(9-4-2-1-3-5-9)10-8-14-7-6-13-10/h9-12H,1-8H2. The van der Waals surface area contributed by atoms with Gasteiger partial charge in [-0.05, 0) is 18.8 Å². The molecule has 1 N–H and O–H groups in total. The first-order valence-corrected chi connectivity index (χ1v) is 6.91. The molecule has 1 aliphatic heterocycles. The summed E-state index contributed by atoms with van der Waals surface area (Å²) < 4.78 is 5.62. The van der Waals surface area contributed by atoms with Crippen LogP contribution in [0.5, 0.6) is 0 Å². The van der Waals surface area contributed by atoms with Crippen molar-refractivity contribution in [2.75, 3.05) is 18.1 Å². The van der Waals surface area contributed by atoms with Crippen molar-refractivity contribution in [3.63, 3.8) is 0 Å². The lowest BCUT2D eigenvalue weighted by molar-refractivity contribution is -0.0551. The smallest absolute Gasteiger partial charge is 0.0927 e. The van der Waals surface area contributed by atoms with Crippen molar-refractivity contribution in [1.82, 2.24) is 0 Å². The average molecular weight is 216 g/mol. The summed E-state index contributed by atoms with van der Waals surface area (Å²) in [5.74, 6) is 2.58. The Balaban J connectivity index is 1.82. The highest BCUT2D eigenvalue weighted by Gasteiger charge is 2.30. The van der Waals surface area contributed by atoms with Crippen molar-refractivity contribution in [1.29, 1.82) is 0 Å². The molecular weight excluding hydrogens is 196 g/mol. The Bertz CT molecular complexity index is 145. The highest BCUT2D eigenvalue weighted by atomic mass is 32.2. The molecule has 1 aliphatic carbocycles. The summed E-state index contributed by atoms with van der Waals surface area (Å²) in [6, 6.07) is 0. The Labute approximate surface area is 90.4 Å². The molecule has 0 amide bonds. The molecule has 1 saturated carbocycles. The summed E-state index contributed by atoms with van der Waals surface area (Å²) in [6.45, 7) is 0.819. The monoisotopic (exact) mass is 216 g/mol. The van der Waals surface area contributed by atoms with E-state index in [0.717, 1.165) is 18.1 Å². The van der Waals surface area contributed by atoms with Crippen LogP contribution in [0.1, 0.15) is 32.1 Å². The molecule has 0 radical (unpaired) electrons. The first-order valence-electron chi connectivity index (χ1n) is 5.75. The van der Waals surface area contributed by atoms with Gasteiger partial charge in [-0.25, -0.2) is 0 Å². The van der Waals surface area contributed by atoms with Crippen LogP contribution >= 0.6 is 11.8 Å². The van der Waals surface area contributed by atoms with Gasteiger partial charge < -0.3 is 9.84 Å². The summed E-state index contributed by atoms with van der Waals surface area (Å²) in [6.07, 6.45) is 6.24. The van der Waals surface area contributed by atoms with Gasteiger partial charge in [0, 0.05) is 11.5 Å². The first-order chi connectivity index (χ1) is 6.88. The maximum Gasteiger partial charge on any atom is 0.0927 e. The normalized spacial score (nSPS) is 32.8. The first kappa shape index (κ1) is 10.8. The molecule has 2 nitrogen and oxygen atoms in total. The number of rotatable bonds is 2. The average Bonchev–Trinajstić information content (AvgIpc) is 2.30. The Morgan fingerprint density at radius 3 is 2.64 bits per heavy atom. The Kier molecular flexibility index (Phi) is 4.14. The van der Waals surface area contributed by atoms with E-state index in [1.165, 1.54) is 32.1 Å². The second-order valence-corrected chi connectivity index (χ2v) is 5.52. The molecule has 0 aromatic carbocycles. The number of ether oxygens (including phenoxy) is 1. The third kappa shape index (κ3) is 2.65. The summed E-state index contributed by atoms with van der Waals surface area (Å²) in [5.41, 5.74) is 0. The van der Waals surface area contributed by atoms with Crippen molar-refractivity contribution < 1.29 is 9.84 Å². The van der Waals surface area contributed by atoms with Crippen LogP contribution in [0.25, 0.3) is 0 Å². The van der Waals surface area contributed by atoms with Crippen LogP contribution in [0.15, 0.2) is 0 Å². The number of hydrogen-bond acceptors (Lipinski definition) is 3. The van der Waals surface area contributed by atoms with Crippen molar-refractivity contribution >= 4 is 11.8 Å². The molecule has 82 valence electrons. The largest absolute Gasteiger partial charge is 0.390 e. The van der Waals surface area contributed by atoms with E-state index in [4.69, 9.17) is 4.74 Å². The molecule has 2 aliphatic rings. The lowest BCUT2D eigenvalue weighted by Crippen LogP contribution is -2.40. The van der Waals surface area contributed by atoms with Crippen LogP contribution < -0.4 is 0 Å². The van der Waals surface area contributed by atoms with Gasteiger partial charge in [-0.15, -0.1) is 0 Å². The van der Waals surface area contributed by atoms with Gasteiger partial charge in [0.1, 0.15) is 0 Å². The van der Waals surface area contributed by atoms with Gasteiger partial charge in [-0.1, -0.05) is 19.3 Å². The zero-order chi connectivity index (χ0) is 9.80. The van der Waals surface area contributed by atoms with E-state index in [-0.39, 0.29) is 12.2 Å². The molecule has 2 rings (SSSR count). The Morgan fingerprint density at radius 1 is 1.21 bits per heavy atom. The number of hydrogen-bond donors (Lipinski definition) is 1. The molecule has 0 bridgehead atoms. The minimum absolute atomic E-state index is 0.108. The van der Waals surface area contributed by atoms with Crippen LogP contribution in [0.4, 0.5) is 0 Å². The minimum Gasteiger partial charge on any atom is -0.390 e. The quantitative estimate of drug-likeness (QED) is 0.766. The third-order valence-corrected chi connectivity index (χ3v) is 4.38. The summed E-state index contributed by atoms with van der Waals surface area (Å²) in [5, 5.41) is 10.2. The van der Waals surface area contributed by atoms with Gasteiger partial charge in [-0.3, -0.25) is 0 Å². The lowest BCUT2D eigenvalue weighted by atomic mass is 9.83. The Hall–Kier alpha value is 0.270. The van der Waals surface area contributed by atoms with Gasteiger partial charge in [-0.2, -0.15) is 11.8 Å². The molecule has 1 heterocycles. The van der Waals surface area contributed by atoms with E-state index in [9.17, 15) is 5.11 Å². The van der Waals surface area contributed by atoms with Crippen LogP contribution in [-0.2, 0) is 4.74 Å². The summed E-state index contributed by atoms with van der Waals surface area (Å²) in [7, 11) is 0. The van der Waals surface area contributed by atoms with Gasteiger partial charge in [0.15, 0.2) is 0 Å². The Morgan fingerprint density at radius 2 is 2.00 bits per heavy atom. The van der Waals surface area contributed by atoms with E-state index < -0.39 is 0 Å². The maximum atomic E-state index is 10.2. The van der Waals surface area contributed by atoms with Crippen molar-refractivity contribution in [3.8, 4) is 0 Å².